The number of methoxy groups -OCH3 is 1. The highest BCUT2D eigenvalue weighted by molar-refractivity contribution is 7.19. The first-order chi connectivity index (χ1) is 17.7. The van der Waals surface area contributed by atoms with Gasteiger partial charge in [-0.3, -0.25) is 5.10 Å². The van der Waals surface area contributed by atoms with E-state index in [4.69, 9.17) is 19.4 Å². The smallest absolute Gasteiger partial charge is 0.339 e. The molecule has 1 aliphatic heterocycles. The molecule has 0 saturated carbocycles. The van der Waals surface area contributed by atoms with Crippen LogP contribution in [0.15, 0.2) is 48.8 Å². The number of nitrogens with zero attached hydrogens (tertiary/aromatic N) is 5. The van der Waals surface area contributed by atoms with Gasteiger partial charge in [-0.2, -0.15) is 5.10 Å². The van der Waals surface area contributed by atoms with E-state index >= 15 is 0 Å². The lowest BCUT2D eigenvalue weighted by atomic mass is 10.1. The second-order valence-corrected chi connectivity index (χ2v) is 9.45. The van der Waals surface area contributed by atoms with Crippen molar-refractivity contribution in [1.29, 1.82) is 0 Å². The number of esters is 1. The van der Waals surface area contributed by atoms with E-state index in [1.807, 2.05) is 24.4 Å². The number of ether oxygens (including phenoxy) is 2. The first-order valence-electron chi connectivity index (χ1n) is 11.5. The number of rotatable bonds is 6. The summed E-state index contributed by atoms with van der Waals surface area (Å²) in [6.45, 7) is 3.48. The minimum absolute atomic E-state index is 0.408. The Morgan fingerprint density at radius 3 is 2.89 bits per heavy atom. The number of hydrogen-bond acceptors (Lipinski definition) is 10. The number of hydrogen-bond donors (Lipinski definition) is 2. The number of carbonyl (C=O) groups excluding carboxylic acids is 1. The van der Waals surface area contributed by atoms with E-state index in [0.717, 1.165) is 50.5 Å². The van der Waals surface area contributed by atoms with Gasteiger partial charge in [-0.1, -0.05) is 12.1 Å². The average Bonchev–Trinajstić information content (AvgIpc) is 3.58. The summed E-state index contributed by atoms with van der Waals surface area (Å²) in [6.07, 6.45) is 3.32. The topological polar surface area (TPSA) is 118 Å². The predicted octanol–water partition coefficient (Wildman–Crippen LogP) is 3.86. The van der Waals surface area contributed by atoms with Gasteiger partial charge in [-0.05, 0) is 24.3 Å². The summed E-state index contributed by atoms with van der Waals surface area (Å²) >= 11 is 1.67. The van der Waals surface area contributed by atoms with Crippen molar-refractivity contribution in [3.05, 3.63) is 59.2 Å². The molecular weight excluding hydrogens is 478 g/mol. The fourth-order valence-electron chi connectivity index (χ4n) is 4.24. The molecule has 0 spiro atoms. The van der Waals surface area contributed by atoms with Crippen LogP contribution in [0.4, 0.5) is 11.6 Å². The number of benzene rings is 1. The van der Waals surface area contributed by atoms with Gasteiger partial charge in [0.2, 0.25) is 0 Å². The number of aromatic nitrogens is 5. The summed E-state index contributed by atoms with van der Waals surface area (Å²) in [6, 6.07) is 11.6. The third-order valence-corrected chi connectivity index (χ3v) is 7.19. The molecule has 182 valence electrons. The quantitative estimate of drug-likeness (QED) is 0.334. The maximum Gasteiger partial charge on any atom is 0.339 e. The van der Waals surface area contributed by atoms with E-state index in [2.05, 4.69) is 31.5 Å². The summed E-state index contributed by atoms with van der Waals surface area (Å²) in [5, 5.41) is 11.5. The predicted molar refractivity (Wildman–Crippen MR) is 138 cm³/mol. The van der Waals surface area contributed by atoms with Crippen molar-refractivity contribution in [1.82, 2.24) is 25.1 Å². The Bertz CT molecular complexity index is 1540. The third kappa shape index (κ3) is 4.23. The number of pyridine rings is 1. The molecule has 6 rings (SSSR count). The van der Waals surface area contributed by atoms with Gasteiger partial charge in [0.05, 0.1) is 54.4 Å². The summed E-state index contributed by atoms with van der Waals surface area (Å²) in [5.74, 6) is 1.87. The average molecular weight is 502 g/mol. The molecule has 5 heterocycles. The largest absolute Gasteiger partial charge is 0.465 e. The summed E-state index contributed by atoms with van der Waals surface area (Å²) in [5.41, 5.74) is 3.21. The molecule has 4 aromatic heterocycles. The number of anilines is 2. The standard InChI is InChI=1S/C25H23N7O3S/c1-34-25(33)15-5-6-21(26-12-15)27-13-16-11-20-22(36-16)24(32-7-9-35-10-8-32)30-23(29-20)17-3-2-4-19-18(17)14-28-31-19/h2-6,11-12,14H,7-10,13H2,1H3,(H,26,27)(H,28,31). The van der Waals surface area contributed by atoms with E-state index in [-0.39, 0.29) is 0 Å². The SMILES string of the molecule is COC(=O)c1ccc(NCc2cc3nc(-c4cccc5[nH]ncc45)nc(N4CCOCC4)c3s2)nc1. The zero-order valence-corrected chi connectivity index (χ0v) is 20.3. The Labute approximate surface area is 210 Å². The molecule has 2 N–H and O–H groups in total. The lowest BCUT2D eigenvalue weighted by Crippen LogP contribution is -2.36. The Morgan fingerprint density at radius 1 is 1.19 bits per heavy atom. The van der Waals surface area contributed by atoms with Crippen LogP contribution in [-0.4, -0.2) is 64.5 Å². The van der Waals surface area contributed by atoms with E-state index in [1.54, 1.807) is 23.5 Å². The third-order valence-electron chi connectivity index (χ3n) is 6.07. The van der Waals surface area contributed by atoms with Gasteiger partial charge in [-0.15, -0.1) is 11.3 Å². The van der Waals surface area contributed by atoms with Crippen molar-refractivity contribution in [3.63, 3.8) is 0 Å². The van der Waals surface area contributed by atoms with Crippen LogP contribution in [0.1, 0.15) is 15.2 Å². The minimum atomic E-state index is -0.408. The van der Waals surface area contributed by atoms with Crippen molar-refractivity contribution in [2.45, 2.75) is 6.54 Å². The molecule has 1 aliphatic rings. The van der Waals surface area contributed by atoms with Crippen LogP contribution in [0.5, 0.6) is 0 Å². The lowest BCUT2D eigenvalue weighted by molar-refractivity contribution is 0.0600. The summed E-state index contributed by atoms with van der Waals surface area (Å²) in [4.78, 5) is 29.3. The zero-order chi connectivity index (χ0) is 24.5. The van der Waals surface area contributed by atoms with E-state index in [0.29, 0.717) is 37.0 Å². The van der Waals surface area contributed by atoms with Gasteiger partial charge in [0.1, 0.15) is 5.82 Å². The highest BCUT2D eigenvalue weighted by Crippen LogP contribution is 2.36. The molecule has 1 saturated heterocycles. The van der Waals surface area contributed by atoms with E-state index in [9.17, 15) is 4.79 Å². The highest BCUT2D eigenvalue weighted by Gasteiger charge is 2.21. The van der Waals surface area contributed by atoms with Gasteiger partial charge in [-0.25, -0.2) is 19.7 Å². The molecule has 10 nitrogen and oxygen atoms in total. The lowest BCUT2D eigenvalue weighted by Gasteiger charge is -2.28. The molecule has 1 aromatic carbocycles. The molecule has 0 atom stereocenters. The maximum atomic E-state index is 11.6. The van der Waals surface area contributed by atoms with Crippen molar-refractivity contribution in [2.75, 3.05) is 43.6 Å². The Balaban J connectivity index is 1.35. The molecule has 11 heteroatoms. The van der Waals surface area contributed by atoms with Crippen LogP contribution < -0.4 is 10.2 Å². The Morgan fingerprint density at radius 2 is 2.08 bits per heavy atom. The van der Waals surface area contributed by atoms with Crippen LogP contribution in [0.2, 0.25) is 0 Å². The van der Waals surface area contributed by atoms with Gasteiger partial charge in [0.15, 0.2) is 11.6 Å². The molecule has 0 amide bonds. The molecule has 5 aromatic rings. The number of nitrogens with one attached hydrogen (secondary N) is 2. The summed E-state index contributed by atoms with van der Waals surface area (Å²) in [7, 11) is 1.35. The normalized spacial score (nSPS) is 13.9. The molecule has 0 unspecified atom stereocenters. The number of H-pyrrole nitrogens is 1. The van der Waals surface area contributed by atoms with Gasteiger partial charge in [0.25, 0.3) is 0 Å². The van der Waals surface area contributed by atoms with Crippen LogP contribution in [-0.2, 0) is 16.0 Å². The second kappa shape index (κ2) is 9.51. The van der Waals surface area contributed by atoms with Gasteiger partial charge < -0.3 is 19.7 Å². The van der Waals surface area contributed by atoms with Crippen molar-refractivity contribution < 1.29 is 14.3 Å². The molecule has 0 radical (unpaired) electrons. The molecular formula is C25H23N7O3S. The first kappa shape index (κ1) is 22.4. The number of aromatic amines is 1. The first-order valence-corrected chi connectivity index (χ1v) is 12.3. The maximum absolute atomic E-state index is 11.6. The van der Waals surface area contributed by atoms with Crippen LogP contribution in [0, 0.1) is 0 Å². The van der Waals surface area contributed by atoms with E-state index in [1.165, 1.54) is 13.3 Å². The van der Waals surface area contributed by atoms with Gasteiger partial charge in [0, 0.05) is 35.1 Å². The number of thiophene rings is 1. The number of carbonyl (C=O) groups is 1. The van der Waals surface area contributed by atoms with Crippen LogP contribution in [0.3, 0.4) is 0 Å². The van der Waals surface area contributed by atoms with Crippen LogP contribution >= 0.6 is 11.3 Å². The zero-order valence-electron chi connectivity index (χ0n) is 19.5. The Kier molecular flexibility index (Phi) is 5.91. The van der Waals surface area contributed by atoms with Crippen LogP contribution in [0.25, 0.3) is 32.5 Å². The fourth-order valence-corrected chi connectivity index (χ4v) is 5.29. The molecule has 1 fully saturated rings. The number of morpholine rings is 1. The Hall–Kier alpha value is -4.09. The summed E-state index contributed by atoms with van der Waals surface area (Å²) < 4.78 is 11.4. The van der Waals surface area contributed by atoms with Crippen molar-refractivity contribution >= 4 is 50.1 Å². The van der Waals surface area contributed by atoms with E-state index < -0.39 is 5.97 Å². The molecule has 0 aliphatic carbocycles. The second-order valence-electron chi connectivity index (χ2n) is 8.31. The highest BCUT2D eigenvalue weighted by atomic mass is 32.1. The van der Waals surface area contributed by atoms with Crippen molar-refractivity contribution in [3.8, 4) is 11.4 Å². The minimum Gasteiger partial charge on any atom is -0.465 e. The molecule has 36 heavy (non-hydrogen) atoms. The number of fused-ring (bicyclic) bond motifs is 2. The fraction of sp³-hybridized carbons (Fsp3) is 0.240. The van der Waals surface area contributed by atoms with Crippen molar-refractivity contribution in [2.24, 2.45) is 0 Å². The van der Waals surface area contributed by atoms with Gasteiger partial charge >= 0.3 is 5.97 Å². The molecule has 0 bridgehead atoms. The monoisotopic (exact) mass is 501 g/mol.